The zero-order valence-electron chi connectivity index (χ0n) is 12.2. The van der Waals surface area contributed by atoms with Crippen molar-refractivity contribution in [2.24, 2.45) is 0 Å². The van der Waals surface area contributed by atoms with E-state index < -0.39 is 0 Å². The normalized spacial score (nSPS) is 19.4. The summed E-state index contributed by atoms with van der Waals surface area (Å²) in [6.07, 6.45) is 0. The Bertz CT molecular complexity index is 428. The number of nitrogens with zero attached hydrogens (tertiary/aromatic N) is 1. The van der Waals surface area contributed by atoms with E-state index in [4.69, 9.17) is 9.47 Å². The summed E-state index contributed by atoms with van der Waals surface area (Å²) in [6, 6.07) is 5.66. The second-order valence-corrected chi connectivity index (χ2v) is 5.07. The van der Waals surface area contributed by atoms with Crippen molar-refractivity contribution in [2.45, 2.75) is 19.5 Å². The Labute approximate surface area is 119 Å². The number of methoxy groups -OCH3 is 1. The van der Waals surface area contributed by atoms with Crippen molar-refractivity contribution in [2.75, 3.05) is 44.9 Å². The van der Waals surface area contributed by atoms with E-state index in [1.165, 1.54) is 0 Å². The van der Waals surface area contributed by atoms with Crippen molar-refractivity contribution in [1.29, 1.82) is 0 Å². The van der Waals surface area contributed by atoms with Gasteiger partial charge in [0.05, 0.1) is 25.5 Å². The van der Waals surface area contributed by atoms with Crippen LogP contribution in [-0.2, 0) is 16.0 Å². The number of anilines is 1. The lowest BCUT2D eigenvalue weighted by Gasteiger charge is -2.35. The first-order valence-corrected chi connectivity index (χ1v) is 7.05. The molecule has 5 heteroatoms. The number of benzene rings is 1. The van der Waals surface area contributed by atoms with E-state index in [9.17, 15) is 4.39 Å². The first kappa shape index (κ1) is 15.2. The van der Waals surface area contributed by atoms with Crippen LogP contribution in [0, 0.1) is 5.82 Å². The van der Waals surface area contributed by atoms with Gasteiger partial charge in [-0.15, -0.1) is 0 Å². The van der Waals surface area contributed by atoms with Crippen LogP contribution in [0.1, 0.15) is 12.5 Å². The molecule has 1 aliphatic heterocycles. The molecule has 4 nitrogen and oxygen atoms in total. The lowest BCUT2D eigenvalue weighted by Crippen LogP contribution is -2.44. The van der Waals surface area contributed by atoms with Crippen molar-refractivity contribution in [3.63, 3.8) is 0 Å². The molecule has 1 aromatic carbocycles. The first-order chi connectivity index (χ1) is 9.72. The molecule has 1 aromatic rings. The average molecular weight is 282 g/mol. The lowest BCUT2D eigenvalue weighted by molar-refractivity contribution is 0.0986. The Morgan fingerprint density at radius 1 is 1.50 bits per heavy atom. The fourth-order valence-electron chi connectivity index (χ4n) is 2.39. The first-order valence-electron chi connectivity index (χ1n) is 7.05. The average Bonchev–Trinajstić information content (AvgIpc) is 2.45. The molecule has 1 N–H and O–H groups in total. The van der Waals surface area contributed by atoms with Gasteiger partial charge in [0, 0.05) is 32.8 Å². The van der Waals surface area contributed by atoms with Crippen LogP contribution >= 0.6 is 0 Å². The minimum Gasteiger partial charge on any atom is -0.383 e. The molecular formula is C15H23FN2O2. The van der Waals surface area contributed by atoms with Crippen LogP contribution in [-0.4, -0.2) is 46.1 Å². The van der Waals surface area contributed by atoms with Gasteiger partial charge in [-0.05, 0) is 24.6 Å². The van der Waals surface area contributed by atoms with Gasteiger partial charge in [0.1, 0.15) is 5.82 Å². The number of hydrogen-bond donors (Lipinski definition) is 1. The molecular weight excluding hydrogens is 259 g/mol. The molecule has 1 atom stereocenters. The molecule has 1 heterocycles. The van der Waals surface area contributed by atoms with Gasteiger partial charge in [0.2, 0.25) is 0 Å². The van der Waals surface area contributed by atoms with Crippen molar-refractivity contribution in [3.05, 3.63) is 29.6 Å². The predicted octanol–water partition coefficient (Wildman–Crippen LogP) is 1.79. The number of halogens is 1. The summed E-state index contributed by atoms with van der Waals surface area (Å²) >= 11 is 0. The fourth-order valence-corrected chi connectivity index (χ4v) is 2.39. The van der Waals surface area contributed by atoms with E-state index in [1.54, 1.807) is 13.2 Å². The Morgan fingerprint density at radius 3 is 3.05 bits per heavy atom. The summed E-state index contributed by atoms with van der Waals surface area (Å²) in [6.45, 7) is 6.18. The molecule has 112 valence electrons. The van der Waals surface area contributed by atoms with E-state index in [0.717, 1.165) is 18.7 Å². The smallest absolute Gasteiger partial charge is 0.146 e. The maximum absolute atomic E-state index is 14.2. The highest BCUT2D eigenvalue weighted by Gasteiger charge is 2.21. The van der Waals surface area contributed by atoms with Crippen LogP contribution in [0.3, 0.4) is 0 Å². The molecule has 1 aliphatic rings. The summed E-state index contributed by atoms with van der Waals surface area (Å²) in [5.74, 6) is -0.162. The highest BCUT2D eigenvalue weighted by Crippen LogP contribution is 2.24. The van der Waals surface area contributed by atoms with Crippen LogP contribution in [0.2, 0.25) is 0 Å². The van der Waals surface area contributed by atoms with Gasteiger partial charge in [-0.1, -0.05) is 6.07 Å². The standard InChI is InChI=1S/C15H23FN2O2/c1-12-11-20-8-6-18(12)15-4-3-13(9-14(15)16)10-17-5-7-19-2/h3-4,9,12,17H,5-8,10-11H2,1-2H3. The molecule has 0 aromatic heterocycles. The molecule has 0 aliphatic carbocycles. The van der Waals surface area contributed by atoms with E-state index in [0.29, 0.717) is 32.1 Å². The summed E-state index contributed by atoms with van der Waals surface area (Å²) in [4.78, 5) is 2.07. The number of rotatable bonds is 6. The number of hydrogen-bond acceptors (Lipinski definition) is 4. The second kappa shape index (κ2) is 7.57. The zero-order valence-corrected chi connectivity index (χ0v) is 12.2. The number of nitrogens with one attached hydrogen (secondary N) is 1. The molecule has 1 fully saturated rings. The number of morpholine rings is 1. The van der Waals surface area contributed by atoms with E-state index in [1.807, 2.05) is 12.1 Å². The molecule has 0 bridgehead atoms. The number of ether oxygens (including phenoxy) is 2. The highest BCUT2D eigenvalue weighted by molar-refractivity contribution is 5.50. The van der Waals surface area contributed by atoms with E-state index in [2.05, 4.69) is 17.1 Å². The van der Waals surface area contributed by atoms with Crippen molar-refractivity contribution in [1.82, 2.24) is 5.32 Å². The third kappa shape index (κ3) is 3.91. The molecule has 0 saturated carbocycles. The minimum atomic E-state index is -0.162. The van der Waals surface area contributed by atoms with E-state index in [-0.39, 0.29) is 11.9 Å². The molecule has 2 rings (SSSR count). The van der Waals surface area contributed by atoms with Crippen molar-refractivity contribution in [3.8, 4) is 0 Å². The third-order valence-electron chi connectivity index (χ3n) is 3.50. The zero-order chi connectivity index (χ0) is 14.4. The SMILES string of the molecule is COCCNCc1ccc(N2CCOCC2C)c(F)c1. The van der Waals surface area contributed by atoms with Crippen LogP contribution < -0.4 is 10.2 Å². The van der Waals surface area contributed by atoms with Crippen molar-refractivity contribution >= 4 is 5.69 Å². The topological polar surface area (TPSA) is 33.7 Å². The Morgan fingerprint density at radius 2 is 2.35 bits per heavy atom. The molecule has 1 saturated heterocycles. The van der Waals surface area contributed by atoms with Crippen LogP contribution in [0.4, 0.5) is 10.1 Å². The Hall–Kier alpha value is -1.17. The molecule has 0 amide bonds. The highest BCUT2D eigenvalue weighted by atomic mass is 19.1. The summed E-state index contributed by atoms with van der Waals surface area (Å²) in [7, 11) is 1.67. The molecule has 0 spiro atoms. The lowest BCUT2D eigenvalue weighted by atomic mass is 10.1. The van der Waals surface area contributed by atoms with Crippen molar-refractivity contribution < 1.29 is 13.9 Å². The summed E-state index contributed by atoms with van der Waals surface area (Å²) in [5.41, 5.74) is 1.62. The maximum atomic E-state index is 14.2. The Balaban J connectivity index is 1.98. The molecule has 20 heavy (non-hydrogen) atoms. The van der Waals surface area contributed by atoms with Gasteiger partial charge >= 0.3 is 0 Å². The van der Waals surface area contributed by atoms with Gasteiger partial charge in [-0.3, -0.25) is 0 Å². The molecule has 0 radical (unpaired) electrons. The van der Waals surface area contributed by atoms with Gasteiger partial charge in [0.25, 0.3) is 0 Å². The van der Waals surface area contributed by atoms with Crippen LogP contribution in [0.5, 0.6) is 0 Å². The minimum absolute atomic E-state index is 0.162. The predicted molar refractivity (Wildman–Crippen MR) is 77.6 cm³/mol. The van der Waals surface area contributed by atoms with Gasteiger partial charge in [-0.2, -0.15) is 0 Å². The quantitative estimate of drug-likeness (QED) is 0.807. The van der Waals surface area contributed by atoms with Crippen LogP contribution in [0.25, 0.3) is 0 Å². The van der Waals surface area contributed by atoms with E-state index >= 15 is 0 Å². The maximum Gasteiger partial charge on any atom is 0.146 e. The summed E-state index contributed by atoms with van der Waals surface area (Å²) < 4.78 is 24.6. The largest absolute Gasteiger partial charge is 0.383 e. The molecule has 1 unspecified atom stereocenters. The Kier molecular flexibility index (Phi) is 5.76. The van der Waals surface area contributed by atoms with Gasteiger partial charge in [-0.25, -0.2) is 4.39 Å². The second-order valence-electron chi connectivity index (χ2n) is 5.07. The fraction of sp³-hybridized carbons (Fsp3) is 0.600. The third-order valence-corrected chi connectivity index (χ3v) is 3.50. The van der Waals surface area contributed by atoms with Gasteiger partial charge in [0.15, 0.2) is 0 Å². The van der Waals surface area contributed by atoms with Crippen LogP contribution in [0.15, 0.2) is 18.2 Å². The summed E-state index contributed by atoms with van der Waals surface area (Å²) in [5, 5.41) is 3.21. The monoisotopic (exact) mass is 282 g/mol. The van der Waals surface area contributed by atoms with Gasteiger partial charge < -0.3 is 19.7 Å².